The molecule has 0 aliphatic heterocycles. The van der Waals surface area contributed by atoms with E-state index in [-0.39, 0.29) is 10.6 Å². The summed E-state index contributed by atoms with van der Waals surface area (Å²) in [6.45, 7) is 0. The van der Waals surface area contributed by atoms with Gasteiger partial charge in [-0.25, -0.2) is 0 Å². The van der Waals surface area contributed by atoms with Gasteiger partial charge < -0.3 is 0 Å². The van der Waals surface area contributed by atoms with Crippen LogP contribution in [0.15, 0.2) is 4.79 Å². The third kappa shape index (κ3) is 1.56. The van der Waals surface area contributed by atoms with Gasteiger partial charge in [0.05, 0.1) is 6.04 Å². The van der Waals surface area contributed by atoms with Crippen LogP contribution in [0.3, 0.4) is 0 Å². The lowest BCUT2D eigenvalue weighted by atomic mass is 9.54. The summed E-state index contributed by atoms with van der Waals surface area (Å²) in [5.74, 6) is 3.21. The molecule has 4 aliphatic carbocycles. The Bertz CT molecular complexity index is 522. The van der Waals surface area contributed by atoms with Crippen LogP contribution in [0.2, 0.25) is 9.36 Å². The van der Waals surface area contributed by atoms with E-state index in [4.69, 9.17) is 23.2 Å². The highest BCUT2D eigenvalue weighted by atomic mass is 35.5. The van der Waals surface area contributed by atoms with Crippen LogP contribution in [0, 0.1) is 23.7 Å². The molecule has 0 N–H and O–H groups in total. The molecule has 4 bridgehead atoms. The fourth-order valence-corrected chi connectivity index (χ4v) is 6.35. The Hall–Kier alpha value is 0.01000. The highest BCUT2D eigenvalue weighted by molar-refractivity contribution is 7.11. The predicted octanol–water partition coefficient (Wildman–Crippen LogP) is 4.21. The normalized spacial score (nSPS) is 41.6. The Morgan fingerprint density at radius 3 is 2.00 bits per heavy atom. The Morgan fingerprint density at radius 1 is 1.00 bits per heavy atom. The minimum absolute atomic E-state index is 0.0656. The maximum absolute atomic E-state index is 12.2. The van der Waals surface area contributed by atoms with E-state index in [0.717, 1.165) is 11.8 Å². The molecule has 1 heterocycles. The van der Waals surface area contributed by atoms with Gasteiger partial charge in [0.1, 0.15) is 9.36 Å². The molecule has 4 fully saturated rings. The second-order valence-corrected chi connectivity index (χ2v) is 8.20. The van der Waals surface area contributed by atoms with Crippen molar-refractivity contribution < 1.29 is 0 Å². The molecule has 4 aliphatic rings. The van der Waals surface area contributed by atoms with Gasteiger partial charge in [-0.1, -0.05) is 23.2 Å². The molecule has 4 saturated carbocycles. The fraction of sp³-hybridized carbons (Fsp3) is 0.769. The molecule has 0 spiro atoms. The van der Waals surface area contributed by atoms with Gasteiger partial charge in [-0.05, 0) is 67.3 Å². The van der Waals surface area contributed by atoms with E-state index in [1.165, 1.54) is 43.6 Å². The first-order valence-corrected chi connectivity index (χ1v) is 8.23. The molecule has 0 amide bonds. The van der Waals surface area contributed by atoms with Crippen molar-refractivity contribution >= 4 is 34.7 Å². The summed E-state index contributed by atoms with van der Waals surface area (Å²) in [7, 11) is 0. The molecule has 1 aromatic heterocycles. The van der Waals surface area contributed by atoms with Gasteiger partial charge in [-0.3, -0.25) is 8.75 Å². The summed E-state index contributed by atoms with van der Waals surface area (Å²) >= 11 is 13.3. The van der Waals surface area contributed by atoms with E-state index >= 15 is 0 Å². The second-order valence-electron chi connectivity index (χ2n) is 6.23. The van der Waals surface area contributed by atoms with Crippen molar-refractivity contribution in [3.05, 3.63) is 19.7 Å². The Balaban J connectivity index is 1.77. The van der Waals surface area contributed by atoms with Crippen molar-refractivity contribution in [1.29, 1.82) is 0 Å². The first kappa shape index (κ1) is 11.8. The van der Waals surface area contributed by atoms with Crippen molar-refractivity contribution in [2.45, 2.75) is 38.1 Å². The van der Waals surface area contributed by atoms with Crippen molar-refractivity contribution in [2.75, 3.05) is 0 Å². The largest absolute Gasteiger partial charge is 0.281 e. The molecule has 1 aromatic rings. The topological polar surface area (TPSA) is 22.0 Å². The quantitative estimate of drug-likeness (QED) is 0.761. The van der Waals surface area contributed by atoms with E-state index < -0.39 is 0 Å². The average Bonchev–Trinajstić information content (AvgIpc) is 2.56. The Kier molecular flexibility index (Phi) is 2.62. The lowest BCUT2D eigenvalue weighted by Crippen LogP contribution is -2.47. The predicted molar refractivity (Wildman–Crippen MR) is 74.7 cm³/mol. The molecular formula is C13H15Cl2NOS. The van der Waals surface area contributed by atoms with E-state index in [2.05, 4.69) is 0 Å². The SMILES string of the molecule is O=c1c(Cl)c(Cl)sn1C1C2CC3CC(C2)CC1C3. The fourth-order valence-electron chi connectivity index (χ4n) is 4.82. The van der Waals surface area contributed by atoms with Gasteiger partial charge in [0.15, 0.2) is 0 Å². The number of rotatable bonds is 1. The zero-order chi connectivity index (χ0) is 12.4. The number of hydrogen-bond donors (Lipinski definition) is 0. The van der Waals surface area contributed by atoms with Gasteiger partial charge in [0.2, 0.25) is 0 Å². The van der Waals surface area contributed by atoms with Crippen molar-refractivity contribution in [2.24, 2.45) is 23.7 Å². The second kappa shape index (κ2) is 4.00. The van der Waals surface area contributed by atoms with Crippen LogP contribution in [-0.2, 0) is 0 Å². The summed E-state index contributed by atoms with van der Waals surface area (Å²) in [5, 5.41) is 0.218. The maximum atomic E-state index is 12.2. The minimum atomic E-state index is -0.0656. The van der Waals surface area contributed by atoms with Crippen LogP contribution >= 0.6 is 34.7 Å². The minimum Gasteiger partial charge on any atom is -0.267 e. The highest BCUT2D eigenvalue weighted by Gasteiger charge is 2.49. The van der Waals surface area contributed by atoms with Crippen LogP contribution < -0.4 is 5.56 Å². The number of nitrogens with zero attached hydrogens (tertiary/aromatic N) is 1. The van der Waals surface area contributed by atoms with Crippen LogP contribution in [0.1, 0.15) is 38.1 Å². The molecule has 5 heteroatoms. The number of halogens is 2. The molecule has 0 radical (unpaired) electrons. The first-order valence-electron chi connectivity index (χ1n) is 6.70. The van der Waals surface area contributed by atoms with Crippen molar-refractivity contribution in [3.8, 4) is 0 Å². The average molecular weight is 304 g/mol. The third-order valence-electron chi connectivity index (χ3n) is 5.19. The Labute approximate surface area is 120 Å². The standard InChI is InChI=1S/C13H15Cl2NOS/c14-10-12(15)18-16(13(10)17)11-8-2-6-1-7(4-8)5-9(11)3-6/h6-9,11H,1-5H2. The van der Waals surface area contributed by atoms with Gasteiger partial charge in [-0.15, -0.1) is 0 Å². The van der Waals surface area contributed by atoms with E-state index in [9.17, 15) is 4.79 Å². The van der Waals surface area contributed by atoms with Crippen molar-refractivity contribution in [3.63, 3.8) is 0 Å². The lowest BCUT2D eigenvalue weighted by Gasteiger charge is -2.54. The first-order chi connectivity index (χ1) is 8.63. The molecule has 0 saturated heterocycles. The van der Waals surface area contributed by atoms with Gasteiger partial charge >= 0.3 is 0 Å². The Morgan fingerprint density at radius 2 is 1.56 bits per heavy atom. The third-order valence-corrected chi connectivity index (χ3v) is 7.11. The van der Waals surface area contributed by atoms with Gasteiger partial charge in [0, 0.05) is 0 Å². The van der Waals surface area contributed by atoms with E-state index in [0.29, 0.717) is 22.2 Å². The maximum Gasteiger partial charge on any atom is 0.281 e. The summed E-state index contributed by atoms with van der Waals surface area (Å²) in [6.07, 6.45) is 6.64. The van der Waals surface area contributed by atoms with Crippen LogP contribution in [0.5, 0.6) is 0 Å². The van der Waals surface area contributed by atoms with Gasteiger partial charge in [0.25, 0.3) is 5.56 Å². The van der Waals surface area contributed by atoms with Crippen LogP contribution in [-0.4, -0.2) is 3.96 Å². The molecule has 98 valence electrons. The monoisotopic (exact) mass is 303 g/mol. The zero-order valence-electron chi connectivity index (χ0n) is 9.94. The number of aromatic nitrogens is 1. The summed E-state index contributed by atoms with van der Waals surface area (Å²) in [6, 6.07) is 0.375. The highest BCUT2D eigenvalue weighted by Crippen LogP contribution is 2.58. The van der Waals surface area contributed by atoms with E-state index in [1.807, 2.05) is 3.96 Å². The van der Waals surface area contributed by atoms with Crippen molar-refractivity contribution in [1.82, 2.24) is 3.96 Å². The number of hydrogen-bond acceptors (Lipinski definition) is 2. The summed E-state index contributed by atoms with van der Waals surface area (Å²) in [4.78, 5) is 12.2. The summed E-state index contributed by atoms with van der Waals surface area (Å²) < 4.78 is 2.34. The molecule has 0 atom stereocenters. The zero-order valence-corrected chi connectivity index (χ0v) is 12.3. The van der Waals surface area contributed by atoms with E-state index in [1.54, 1.807) is 0 Å². The van der Waals surface area contributed by atoms with Crippen LogP contribution in [0.25, 0.3) is 0 Å². The molecule has 2 nitrogen and oxygen atoms in total. The smallest absolute Gasteiger partial charge is 0.267 e. The molecular weight excluding hydrogens is 289 g/mol. The molecule has 18 heavy (non-hydrogen) atoms. The molecule has 5 rings (SSSR count). The molecule has 0 aromatic carbocycles. The van der Waals surface area contributed by atoms with Gasteiger partial charge in [-0.2, -0.15) is 0 Å². The van der Waals surface area contributed by atoms with Crippen LogP contribution in [0.4, 0.5) is 0 Å². The lowest BCUT2D eigenvalue weighted by molar-refractivity contribution is -0.0262. The molecule has 0 unspecified atom stereocenters. The summed E-state index contributed by atoms with van der Waals surface area (Å²) in [5.41, 5.74) is -0.0656.